The Kier molecular flexibility index (Phi) is 2.35. The molecule has 1 aromatic carbocycles. The van der Waals surface area contributed by atoms with E-state index >= 15 is 0 Å². The van der Waals surface area contributed by atoms with E-state index < -0.39 is 0 Å². The predicted molar refractivity (Wildman–Crippen MR) is 60.0 cm³/mol. The maximum Gasteiger partial charge on any atom is 0.153 e. The number of nitrogens with one attached hydrogen (secondary N) is 1. The van der Waals surface area contributed by atoms with Gasteiger partial charge in [0.1, 0.15) is 5.60 Å². The van der Waals surface area contributed by atoms with Crippen LogP contribution in [0, 0.1) is 0 Å². The lowest BCUT2D eigenvalue weighted by Crippen LogP contribution is -2.40. The first-order valence-electron chi connectivity index (χ1n) is 4.73. The Labute approximate surface area is 93.4 Å². The summed E-state index contributed by atoms with van der Waals surface area (Å²) in [4.78, 5) is 10.9. The fourth-order valence-corrected chi connectivity index (χ4v) is 1.79. The minimum atomic E-state index is -0.307. The van der Waals surface area contributed by atoms with Crippen molar-refractivity contribution in [1.82, 2.24) is 0 Å². The monoisotopic (exact) mass is 225 g/mol. The number of halogens is 1. The van der Waals surface area contributed by atoms with Gasteiger partial charge in [-0.1, -0.05) is 11.6 Å². The standard InChI is InChI=1S/C11H12ClNO2/c1-11(2)6-13-9-4-8(12)3-7(5-14)10(9)15-11/h3-5,13H,6H2,1-2H3. The zero-order valence-corrected chi connectivity index (χ0v) is 9.39. The molecule has 0 aromatic heterocycles. The number of ether oxygens (including phenoxy) is 1. The van der Waals surface area contributed by atoms with Gasteiger partial charge in [-0.15, -0.1) is 0 Å². The van der Waals surface area contributed by atoms with Gasteiger partial charge in [0.15, 0.2) is 12.0 Å². The summed E-state index contributed by atoms with van der Waals surface area (Å²) in [5.41, 5.74) is 0.959. The van der Waals surface area contributed by atoms with Gasteiger partial charge in [0.2, 0.25) is 0 Å². The van der Waals surface area contributed by atoms with E-state index in [0.717, 1.165) is 12.0 Å². The molecule has 0 unspecified atom stereocenters. The summed E-state index contributed by atoms with van der Waals surface area (Å²) in [7, 11) is 0. The van der Waals surface area contributed by atoms with Gasteiger partial charge in [0.25, 0.3) is 0 Å². The number of fused-ring (bicyclic) bond motifs is 1. The van der Waals surface area contributed by atoms with E-state index in [2.05, 4.69) is 5.32 Å². The van der Waals surface area contributed by atoms with E-state index in [4.69, 9.17) is 16.3 Å². The molecule has 0 saturated carbocycles. The summed E-state index contributed by atoms with van der Waals surface area (Å²) in [5, 5.41) is 3.73. The number of benzene rings is 1. The number of carbonyl (C=O) groups is 1. The Balaban J connectivity index is 2.52. The Morgan fingerprint density at radius 1 is 1.53 bits per heavy atom. The Morgan fingerprint density at radius 3 is 2.93 bits per heavy atom. The molecule has 1 aliphatic rings. The average Bonchev–Trinajstić information content (AvgIpc) is 2.17. The van der Waals surface area contributed by atoms with Crippen molar-refractivity contribution in [3.8, 4) is 5.75 Å². The van der Waals surface area contributed by atoms with Crippen molar-refractivity contribution in [1.29, 1.82) is 0 Å². The molecule has 0 radical (unpaired) electrons. The summed E-state index contributed by atoms with van der Waals surface area (Å²) in [5.74, 6) is 0.589. The van der Waals surface area contributed by atoms with Crippen LogP contribution in [0.25, 0.3) is 0 Å². The van der Waals surface area contributed by atoms with Crippen molar-refractivity contribution >= 4 is 23.6 Å². The molecule has 0 bridgehead atoms. The third-order valence-electron chi connectivity index (χ3n) is 2.29. The predicted octanol–water partition coefficient (Wildman–Crippen LogP) is 2.74. The lowest BCUT2D eigenvalue weighted by atomic mass is 10.1. The zero-order chi connectivity index (χ0) is 11.1. The van der Waals surface area contributed by atoms with E-state index in [1.807, 2.05) is 13.8 Å². The van der Waals surface area contributed by atoms with Crippen molar-refractivity contribution < 1.29 is 9.53 Å². The van der Waals surface area contributed by atoms with Crippen LogP contribution in [0.2, 0.25) is 5.02 Å². The van der Waals surface area contributed by atoms with E-state index in [0.29, 0.717) is 22.9 Å². The molecule has 0 atom stereocenters. The van der Waals surface area contributed by atoms with Gasteiger partial charge in [-0.25, -0.2) is 0 Å². The molecule has 1 aromatic rings. The first-order chi connectivity index (χ1) is 7.02. The zero-order valence-electron chi connectivity index (χ0n) is 8.63. The second-order valence-electron chi connectivity index (χ2n) is 4.20. The normalized spacial score (nSPS) is 17.3. The molecule has 80 valence electrons. The molecule has 0 spiro atoms. The Hall–Kier alpha value is -1.22. The van der Waals surface area contributed by atoms with Gasteiger partial charge in [0.05, 0.1) is 17.8 Å². The highest BCUT2D eigenvalue weighted by molar-refractivity contribution is 6.31. The molecule has 1 aliphatic heterocycles. The molecule has 1 N–H and O–H groups in total. The summed E-state index contributed by atoms with van der Waals surface area (Å²) in [6.45, 7) is 4.62. The minimum absolute atomic E-state index is 0.307. The summed E-state index contributed by atoms with van der Waals surface area (Å²) < 4.78 is 5.74. The number of rotatable bonds is 1. The molecule has 3 nitrogen and oxygen atoms in total. The largest absolute Gasteiger partial charge is 0.483 e. The van der Waals surface area contributed by atoms with Crippen LogP contribution in [0.3, 0.4) is 0 Å². The van der Waals surface area contributed by atoms with E-state index in [1.54, 1.807) is 12.1 Å². The fraction of sp³-hybridized carbons (Fsp3) is 0.364. The third kappa shape index (κ3) is 1.92. The lowest BCUT2D eigenvalue weighted by Gasteiger charge is -2.34. The Bertz CT molecular complexity index is 415. The van der Waals surface area contributed by atoms with Gasteiger partial charge >= 0.3 is 0 Å². The van der Waals surface area contributed by atoms with Crippen molar-refractivity contribution in [2.45, 2.75) is 19.4 Å². The summed E-state index contributed by atoms with van der Waals surface area (Å²) in [6, 6.07) is 3.37. The van der Waals surface area contributed by atoms with E-state index in [9.17, 15) is 4.79 Å². The molecular formula is C11H12ClNO2. The molecule has 0 fully saturated rings. The molecule has 0 aliphatic carbocycles. The van der Waals surface area contributed by atoms with Gasteiger partial charge in [-0.05, 0) is 26.0 Å². The second kappa shape index (κ2) is 3.42. The number of anilines is 1. The highest BCUT2D eigenvalue weighted by Crippen LogP contribution is 2.37. The maximum absolute atomic E-state index is 10.9. The SMILES string of the molecule is CC1(C)CNc2cc(Cl)cc(C=O)c2O1. The first kappa shape index (κ1) is 10.3. The van der Waals surface area contributed by atoms with Crippen LogP contribution >= 0.6 is 11.6 Å². The molecule has 15 heavy (non-hydrogen) atoms. The van der Waals surface area contributed by atoms with Gasteiger partial charge in [0, 0.05) is 5.02 Å². The summed E-state index contributed by atoms with van der Waals surface area (Å²) >= 11 is 5.88. The lowest BCUT2D eigenvalue weighted by molar-refractivity contribution is 0.106. The number of aldehydes is 1. The van der Waals surface area contributed by atoms with E-state index in [-0.39, 0.29) is 5.60 Å². The molecule has 1 heterocycles. The quantitative estimate of drug-likeness (QED) is 0.747. The highest BCUT2D eigenvalue weighted by Gasteiger charge is 2.28. The van der Waals surface area contributed by atoms with Crippen LogP contribution in [0.15, 0.2) is 12.1 Å². The maximum atomic E-state index is 10.9. The van der Waals surface area contributed by atoms with Crippen LogP contribution < -0.4 is 10.1 Å². The second-order valence-corrected chi connectivity index (χ2v) is 4.64. The van der Waals surface area contributed by atoms with Crippen LogP contribution in [0.4, 0.5) is 5.69 Å². The topological polar surface area (TPSA) is 38.3 Å². The van der Waals surface area contributed by atoms with Crippen molar-refractivity contribution in [2.75, 3.05) is 11.9 Å². The van der Waals surface area contributed by atoms with Crippen molar-refractivity contribution in [2.24, 2.45) is 0 Å². The fourth-order valence-electron chi connectivity index (χ4n) is 1.57. The smallest absolute Gasteiger partial charge is 0.153 e. The molecule has 2 rings (SSSR count). The minimum Gasteiger partial charge on any atom is -0.483 e. The number of carbonyl (C=O) groups excluding carboxylic acids is 1. The Morgan fingerprint density at radius 2 is 2.27 bits per heavy atom. The highest BCUT2D eigenvalue weighted by atomic mass is 35.5. The van der Waals surface area contributed by atoms with Crippen LogP contribution in [-0.2, 0) is 0 Å². The molecular weight excluding hydrogens is 214 g/mol. The average molecular weight is 226 g/mol. The molecule has 0 amide bonds. The molecule has 0 saturated heterocycles. The van der Waals surface area contributed by atoms with Crippen LogP contribution in [-0.4, -0.2) is 18.4 Å². The van der Waals surface area contributed by atoms with Crippen molar-refractivity contribution in [3.05, 3.63) is 22.7 Å². The number of hydrogen-bond donors (Lipinski definition) is 1. The van der Waals surface area contributed by atoms with Crippen LogP contribution in [0.5, 0.6) is 5.75 Å². The van der Waals surface area contributed by atoms with Crippen LogP contribution in [0.1, 0.15) is 24.2 Å². The summed E-state index contributed by atoms with van der Waals surface area (Å²) in [6.07, 6.45) is 0.758. The third-order valence-corrected chi connectivity index (χ3v) is 2.51. The van der Waals surface area contributed by atoms with Crippen molar-refractivity contribution in [3.63, 3.8) is 0 Å². The van der Waals surface area contributed by atoms with Gasteiger partial charge in [-0.3, -0.25) is 4.79 Å². The van der Waals surface area contributed by atoms with Gasteiger partial charge < -0.3 is 10.1 Å². The van der Waals surface area contributed by atoms with Gasteiger partial charge in [-0.2, -0.15) is 0 Å². The van der Waals surface area contributed by atoms with E-state index in [1.165, 1.54) is 0 Å². The molecule has 4 heteroatoms. The number of hydrogen-bond acceptors (Lipinski definition) is 3. The first-order valence-corrected chi connectivity index (χ1v) is 5.11.